The van der Waals surface area contributed by atoms with Crippen LogP contribution in [0.2, 0.25) is 0 Å². The van der Waals surface area contributed by atoms with Crippen molar-refractivity contribution >= 4 is 37.1 Å². The summed E-state index contributed by atoms with van der Waals surface area (Å²) in [4.78, 5) is 7.70. The molecule has 0 bridgehead atoms. The van der Waals surface area contributed by atoms with Gasteiger partial charge in [0.25, 0.3) is 0 Å². The van der Waals surface area contributed by atoms with E-state index in [0.29, 0.717) is 19.5 Å². The lowest BCUT2D eigenvalue weighted by Crippen LogP contribution is -2.37. The molecule has 0 fully saturated rings. The molecule has 0 radical (unpaired) electrons. The Morgan fingerprint density at radius 1 is 0.882 bits per heavy atom. The lowest BCUT2D eigenvalue weighted by molar-refractivity contribution is -0.221. The molecule has 0 aromatic carbocycles. The van der Waals surface area contributed by atoms with Crippen molar-refractivity contribution in [1.82, 2.24) is 0 Å². The normalized spacial score (nSPS) is 15.2. The fourth-order valence-corrected chi connectivity index (χ4v) is 0.960. The highest BCUT2D eigenvalue weighted by Gasteiger charge is 2.11. The zero-order chi connectivity index (χ0) is 13.7. The topological polar surface area (TPSA) is 70.8 Å². The first kappa shape index (κ1) is 16.6. The molecular weight excluding hydrogens is 256 g/mol. The van der Waals surface area contributed by atoms with Gasteiger partial charge in [0.05, 0.1) is 0 Å². The van der Waals surface area contributed by atoms with Gasteiger partial charge in [0.15, 0.2) is 0 Å². The second kappa shape index (κ2) is 6.54. The van der Waals surface area contributed by atoms with Crippen molar-refractivity contribution in [2.24, 2.45) is 9.98 Å². The smallest absolute Gasteiger partial charge is 0.0396 e. The number of hydrogen-bond donors (Lipinski definition) is 2. The van der Waals surface area contributed by atoms with E-state index >= 15 is 0 Å². The highest BCUT2D eigenvalue weighted by molar-refractivity contribution is 7.82. The third-order valence-corrected chi connectivity index (χ3v) is 2.26. The first-order chi connectivity index (χ1) is 7.55. The van der Waals surface area contributed by atoms with Crippen LogP contribution in [0.15, 0.2) is 9.98 Å². The summed E-state index contributed by atoms with van der Waals surface area (Å²) in [5, 5.41) is 22.7. The van der Waals surface area contributed by atoms with Gasteiger partial charge in [-0.25, -0.2) is 0 Å². The van der Waals surface area contributed by atoms with Gasteiger partial charge in [-0.05, 0) is 45.9 Å². The minimum Gasteiger partial charge on any atom is -0.861 e. The molecule has 0 saturated carbocycles. The Labute approximate surface area is 114 Å². The second-order valence-electron chi connectivity index (χ2n) is 4.85. The summed E-state index contributed by atoms with van der Waals surface area (Å²) in [5.41, 5.74) is 0. The summed E-state index contributed by atoms with van der Waals surface area (Å²) in [6, 6.07) is 0. The Bertz CT molecular complexity index is 272. The molecule has 0 unspecified atom stereocenters. The molecule has 17 heavy (non-hydrogen) atoms. The first-order valence-electron chi connectivity index (χ1n) is 5.44. The largest absolute Gasteiger partial charge is 0.861 e. The van der Waals surface area contributed by atoms with Gasteiger partial charge in [-0.1, -0.05) is 0 Å². The molecular formula is C11H20N2O2S2-2. The minimum atomic E-state index is -0.736. The predicted molar refractivity (Wildman–Crippen MR) is 75.4 cm³/mol. The van der Waals surface area contributed by atoms with Crippen molar-refractivity contribution in [2.45, 2.75) is 43.6 Å². The number of aliphatic imine (C=N–C) groups is 2. The number of rotatable bonds is 6. The van der Waals surface area contributed by atoms with E-state index in [2.05, 4.69) is 35.2 Å². The molecule has 0 aromatic rings. The fraction of sp³-hybridized carbons (Fsp3) is 0.818. The zero-order valence-electron chi connectivity index (χ0n) is 10.7. The van der Waals surface area contributed by atoms with Crippen LogP contribution in [0.4, 0.5) is 0 Å². The molecule has 6 heteroatoms. The quantitative estimate of drug-likeness (QED) is 0.317. The molecule has 0 saturated heterocycles. The lowest BCUT2D eigenvalue weighted by atomic mass is 10.2. The van der Waals surface area contributed by atoms with Crippen molar-refractivity contribution in [3.63, 3.8) is 0 Å². The van der Waals surface area contributed by atoms with Gasteiger partial charge in [0.2, 0.25) is 0 Å². The molecule has 0 aliphatic rings. The van der Waals surface area contributed by atoms with Gasteiger partial charge in [-0.3, -0.25) is 0 Å². The molecule has 0 amide bonds. The van der Waals surface area contributed by atoms with Gasteiger partial charge in [-0.2, -0.15) is 25.3 Å². The maximum atomic E-state index is 11.4. The van der Waals surface area contributed by atoms with Gasteiger partial charge in [0, 0.05) is 22.6 Å². The van der Waals surface area contributed by atoms with E-state index in [0.717, 1.165) is 0 Å². The number of thiol groups is 2. The Hall–Kier alpha value is -0.360. The molecule has 100 valence electrons. The Morgan fingerprint density at radius 2 is 1.18 bits per heavy atom. The summed E-state index contributed by atoms with van der Waals surface area (Å²) < 4.78 is -1.47. The third-order valence-electron chi connectivity index (χ3n) is 1.87. The molecule has 0 N–H and O–H groups in total. The van der Waals surface area contributed by atoms with Crippen molar-refractivity contribution in [3.05, 3.63) is 0 Å². The molecule has 0 spiro atoms. The Kier molecular flexibility index (Phi) is 6.40. The van der Waals surface area contributed by atoms with E-state index < -0.39 is 9.49 Å². The van der Waals surface area contributed by atoms with Gasteiger partial charge in [-0.15, -0.1) is 0 Å². The van der Waals surface area contributed by atoms with Crippen LogP contribution in [0.3, 0.4) is 0 Å². The second-order valence-corrected chi connectivity index (χ2v) is 7.08. The summed E-state index contributed by atoms with van der Waals surface area (Å²) in [7, 11) is 0. The van der Waals surface area contributed by atoms with Gasteiger partial charge in [0.1, 0.15) is 0 Å². The summed E-state index contributed by atoms with van der Waals surface area (Å²) >= 11 is 8.23. The van der Waals surface area contributed by atoms with Crippen molar-refractivity contribution < 1.29 is 10.2 Å². The van der Waals surface area contributed by atoms with E-state index in [9.17, 15) is 10.2 Å². The van der Waals surface area contributed by atoms with Crippen LogP contribution in [0, 0.1) is 0 Å². The molecule has 0 aliphatic carbocycles. The van der Waals surface area contributed by atoms with E-state index in [1.165, 1.54) is 0 Å². The molecule has 4 nitrogen and oxygen atoms in total. The van der Waals surface area contributed by atoms with E-state index in [-0.39, 0.29) is 11.8 Å². The lowest BCUT2D eigenvalue weighted by Gasteiger charge is -2.25. The number of nitrogens with zero attached hydrogens (tertiary/aromatic N) is 2. The van der Waals surface area contributed by atoms with E-state index in [1.807, 2.05) is 0 Å². The highest BCUT2D eigenvalue weighted by Crippen LogP contribution is 2.12. The van der Waals surface area contributed by atoms with E-state index in [1.54, 1.807) is 27.7 Å². The van der Waals surface area contributed by atoms with Crippen LogP contribution in [0.1, 0.15) is 34.1 Å². The maximum absolute atomic E-state index is 11.4. The van der Waals surface area contributed by atoms with Crippen LogP contribution in [0.25, 0.3) is 0 Å². The summed E-state index contributed by atoms with van der Waals surface area (Å²) in [5.74, 6) is -0.497. The monoisotopic (exact) mass is 276 g/mol. The van der Waals surface area contributed by atoms with Crippen molar-refractivity contribution in [3.8, 4) is 0 Å². The van der Waals surface area contributed by atoms with Crippen LogP contribution < -0.4 is 10.2 Å². The van der Waals surface area contributed by atoms with Crippen molar-refractivity contribution in [2.75, 3.05) is 13.1 Å². The van der Waals surface area contributed by atoms with Crippen LogP contribution in [0.5, 0.6) is 0 Å². The number of hydrogen-bond acceptors (Lipinski definition) is 6. The maximum Gasteiger partial charge on any atom is 0.0396 e. The molecule has 0 rings (SSSR count). The first-order valence-corrected chi connectivity index (χ1v) is 6.33. The SMILES string of the molecule is CC(C)(S)C([O-])=NCCCN=C([O-])C(C)(C)S. The third kappa shape index (κ3) is 7.54. The molecule has 0 aliphatic heterocycles. The summed E-state index contributed by atoms with van der Waals surface area (Å²) in [6.45, 7) is 7.51. The Balaban J connectivity index is 4.04. The van der Waals surface area contributed by atoms with Crippen LogP contribution in [-0.4, -0.2) is 34.4 Å². The fourth-order valence-electron chi connectivity index (χ4n) is 0.819. The van der Waals surface area contributed by atoms with Gasteiger partial charge >= 0.3 is 0 Å². The average molecular weight is 276 g/mol. The average Bonchev–Trinajstić information content (AvgIpc) is 2.13. The standard InChI is InChI=1S/C11H22N2O2S2/c1-10(2,16)8(14)12-6-5-7-13-9(15)11(3,4)17/h16-17H,5-7H2,1-4H3,(H,12,14)(H,13,15)/p-2. The van der Waals surface area contributed by atoms with Crippen LogP contribution >= 0.6 is 25.3 Å². The van der Waals surface area contributed by atoms with E-state index in [4.69, 9.17) is 0 Å². The summed E-state index contributed by atoms with van der Waals surface area (Å²) in [6.07, 6.45) is 0.575. The molecule has 0 aromatic heterocycles. The minimum absolute atomic E-state index is 0.248. The predicted octanol–water partition coefficient (Wildman–Crippen LogP) is 0.311. The van der Waals surface area contributed by atoms with Gasteiger partial charge < -0.3 is 20.2 Å². The molecule has 0 heterocycles. The zero-order valence-corrected chi connectivity index (χ0v) is 12.5. The van der Waals surface area contributed by atoms with Crippen molar-refractivity contribution in [1.29, 1.82) is 0 Å². The Morgan fingerprint density at radius 3 is 1.41 bits per heavy atom. The highest BCUT2D eigenvalue weighted by atomic mass is 32.1. The molecule has 0 atom stereocenters. The van der Waals surface area contributed by atoms with Crippen LogP contribution in [-0.2, 0) is 0 Å².